The molecule has 0 heterocycles. The fourth-order valence-electron chi connectivity index (χ4n) is 4.05. The van der Waals surface area contributed by atoms with Crippen molar-refractivity contribution in [3.05, 3.63) is 71.5 Å². The molecule has 0 saturated carbocycles. The molecule has 2 rings (SSSR count). The normalized spacial score (nSPS) is 14.2. The van der Waals surface area contributed by atoms with E-state index in [0.29, 0.717) is 24.2 Å². The number of hydrogen-bond acceptors (Lipinski definition) is 7. The maximum absolute atomic E-state index is 13.7. The van der Waals surface area contributed by atoms with Crippen LogP contribution in [0.5, 0.6) is 0 Å². The van der Waals surface area contributed by atoms with Crippen LogP contribution in [0.3, 0.4) is 0 Å². The van der Waals surface area contributed by atoms with Gasteiger partial charge in [-0.2, -0.15) is 0 Å². The highest BCUT2D eigenvalue weighted by atomic mass is 35.5. The zero-order valence-electron chi connectivity index (χ0n) is 21.7. The van der Waals surface area contributed by atoms with Gasteiger partial charge in [0.25, 0.3) is 0 Å². The molecule has 0 aliphatic rings. The van der Waals surface area contributed by atoms with Gasteiger partial charge in [0.05, 0.1) is 19.3 Å². The molecule has 0 saturated heterocycles. The van der Waals surface area contributed by atoms with Gasteiger partial charge in [-0.1, -0.05) is 42.5 Å². The van der Waals surface area contributed by atoms with Crippen molar-refractivity contribution in [1.82, 2.24) is 15.5 Å². The van der Waals surface area contributed by atoms with E-state index in [1.54, 1.807) is 19.1 Å². The third kappa shape index (κ3) is 10.1. The quantitative estimate of drug-likeness (QED) is 0.174. The summed E-state index contributed by atoms with van der Waals surface area (Å²) >= 11 is 12.1. The molecule has 5 N–H and O–H groups in total. The number of aliphatic hydroxyl groups excluding tert-OH is 1. The molecule has 2 amide bonds. The molecule has 4 atom stereocenters. The van der Waals surface area contributed by atoms with Gasteiger partial charge in [0.15, 0.2) is 0 Å². The molecule has 0 radical (unpaired) electrons. The van der Waals surface area contributed by atoms with Crippen LogP contribution in [0.15, 0.2) is 54.6 Å². The highest BCUT2D eigenvalue weighted by Crippen LogP contribution is 2.26. The number of alkyl halides is 2. The van der Waals surface area contributed by atoms with E-state index >= 15 is 0 Å². The molecule has 2 aromatic rings. The van der Waals surface area contributed by atoms with Gasteiger partial charge in [0.2, 0.25) is 11.8 Å². The van der Waals surface area contributed by atoms with Crippen LogP contribution in [0.25, 0.3) is 0 Å². The fourth-order valence-corrected chi connectivity index (χ4v) is 4.49. The molecular weight excluding hydrogens is 550 g/mol. The summed E-state index contributed by atoms with van der Waals surface area (Å²) in [5.41, 5.74) is 6.91. The monoisotopic (exact) mass is 584 g/mol. The van der Waals surface area contributed by atoms with Crippen molar-refractivity contribution in [3.8, 4) is 0 Å². The first-order chi connectivity index (χ1) is 18.7. The summed E-state index contributed by atoms with van der Waals surface area (Å²) in [4.78, 5) is 41.4. The minimum atomic E-state index is -1.27. The van der Waals surface area contributed by atoms with Crippen LogP contribution in [0.1, 0.15) is 24.1 Å². The number of benzene rings is 2. The second-order valence-electron chi connectivity index (χ2n) is 8.69. The van der Waals surface area contributed by atoms with Gasteiger partial charge < -0.3 is 26.2 Å². The second-order valence-corrected chi connectivity index (χ2v) is 9.44. The summed E-state index contributed by atoms with van der Waals surface area (Å²) in [5.74, 6) is -2.13. The van der Waals surface area contributed by atoms with Crippen LogP contribution in [-0.4, -0.2) is 84.0 Å². The molecule has 39 heavy (non-hydrogen) atoms. The highest BCUT2D eigenvalue weighted by Gasteiger charge is 2.38. The van der Waals surface area contributed by atoms with Crippen LogP contribution in [0.4, 0.5) is 4.39 Å². The van der Waals surface area contributed by atoms with Crippen molar-refractivity contribution < 1.29 is 28.6 Å². The molecule has 0 spiro atoms. The van der Waals surface area contributed by atoms with Gasteiger partial charge >= 0.3 is 5.97 Å². The average molecular weight is 586 g/mol. The van der Waals surface area contributed by atoms with Crippen molar-refractivity contribution in [2.24, 2.45) is 5.73 Å². The fraction of sp³-hybridized carbons (Fsp3) is 0.444. The molecule has 12 heteroatoms. The molecule has 0 aliphatic carbocycles. The van der Waals surface area contributed by atoms with Crippen LogP contribution in [-0.2, 0) is 25.5 Å². The van der Waals surface area contributed by atoms with Crippen molar-refractivity contribution >= 4 is 41.0 Å². The Morgan fingerprint density at radius 3 is 2.15 bits per heavy atom. The summed E-state index contributed by atoms with van der Waals surface area (Å²) < 4.78 is 18.8. The molecule has 9 nitrogen and oxygen atoms in total. The number of esters is 1. The van der Waals surface area contributed by atoms with Crippen LogP contribution >= 0.6 is 23.2 Å². The predicted molar refractivity (Wildman–Crippen MR) is 148 cm³/mol. The number of nitrogens with zero attached hydrogens (tertiary/aromatic N) is 1. The van der Waals surface area contributed by atoms with Gasteiger partial charge in [0, 0.05) is 31.3 Å². The van der Waals surface area contributed by atoms with E-state index in [-0.39, 0.29) is 24.8 Å². The smallest absolute Gasteiger partial charge is 0.330 e. The minimum Gasteiger partial charge on any atom is -0.464 e. The van der Waals surface area contributed by atoms with E-state index < -0.39 is 54.4 Å². The third-order valence-corrected chi connectivity index (χ3v) is 6.29. The van der Waals surface area contributed by atoms with E-state index in [1.165, 1.54) is 24.3 Å². The summed E-state index contributed by atoms with van der Waals surface area (Å²) in [6.45, 7) is 1.81. The van der Waals surface area contributed by atoms with E-state index in [0.717, 1.165) is 0 Å². The van der Waals surface area contributed by atoms with Crippen molar-refractivity contribution in [3.63, 3.8) is 0 Å². The van der Waals surface area contributed by atoms with Crippen LogP contribution in [0.2, 0.25) is 0 Å². The Bertz CT molecular complexity index is 1040. The van der Waals surface area contributed by atoms with Crippen molar-refractivity contribution in [1.29, 1.82) is 0 Å². The summed E-state index contributed by atoms with van der Waals surface area (Å²) in [6, 6.07) is 10.1. The molecular formula is C27H35Cl2FN4O5. The zero-order valence-corrected chi connectivity index (χ0v) is 23.2. The number of hydrogen-bond donors (Lipinski definition) is 4. The zero-order chi connectivity index (χ0) is 28.8. The Hall–Kier alpha value is -2.76. The maximum Gasteiger partial charge on any atom is 0.330 e. The molecule has 0 aromatic heterocycles. The predicted octanol–water partition coefficient (Wildman–Crippen LogP) is 1.74. The number of aliphatic hydroxyl groups is 1. The summed E-state index contributed by atoms with van der Waals surface area (Å²) in [7, 11) is 0. The SMILES string of the molecule is CCOC(=O)[C@@H](NC(=O)[C@H](Cc1ccc(F)cc1)NC(=O)[C@@H](N)CO)C(c1ccccc1)N(CCCl)CCCl. The first-order valence-corrected chi connectivity index (χ1v) is 13.6. The number of carbonyl (C=O) groups is 3. The molecule has 2 aromatic carbocycles. The van der Waals surface area contributed by atoms with Gasteiger partial charge in [0.1, 0.15) is 23.9 Å². The lowest BCUT2D eigenvalue weighted by molar-refractivity contribution is -0.150. The lowest BCUT2D eigenvalue weighted by atomic mass is 9.96. The largest absolute Gasteiger partial charge is 0.464 e. The summed E-state index contributed by atoms with van der Waals surface area (Å²) in [5, 5.41) is 14.6. The van der Waals surface area contributed by atoms with Gasteiger partial charge in [-0.3, -0.25) is 14.5 Å². The van der Waals surface area contributed by atoms with Gasteiger partial charge in [-0.25, -0.2) is 9.18 Å². The molecule has 0 aliphatic heterocycles. The second kappa shape index (κ2) is 17.0. The average Bonchev–Trinajstić information content (AvgIpc) is 2.93. The highest BCUT2D eigenvalue weighted by molar-refractivity contribution is 6.18. The van der Waals surface area contributed by atoms with Crippen LogP contribution < -0.4 is 16.4 Å². The topological polar surface area (TPSA) is 134 Å². The Morgan fingerprint density at radius 2 is 1.62 bits per heavy atom. The lowest BCUT2D eigenvalue weighted by Gasteiger charge is -2.36. The number of amides is 2. The minimum absolute atomic E-state index is 0.0331. The van der Waals surface area contributed by atoms with Gasteiger partial charge in [-0.05, 0) is 30.2 Å². The number of ether oxygens (including phenoxy) is 1. The van der Waals surface area contributed by atoms with Crippen molar-refractivity contribution in [2.75, 3.05) is 38.1 Å². The third-order valence-electron chi connectivity index (χ3n) is 5.95. The lowest BCUT2D eigenvalue weighted by Crippen LogP contribution is -2.58. The van der Waals surface area contributed by atoms with E-state index in [4.69, 9.17) is 33.7 Å². The standard InChI is InChI=1S/C27H35Cl2FN4O5/c1-2-39-27(38)23(24(19-6-4-3-5-7-19)34(14-12-28)15-13-29)33-26(37)22(32-25(36)21(31)17-35)16-18-8-10-20(30)11-9-18/h3-11,21-24,35H,2,12-17,31H2,1H3,(H,32,36)(H,33,37)/t21-,22-,23-,24?/m0/s1. The van der Waals surface area contributed by atoms with E-state index in [2.05, 4.69) is 10.6 Å². The number of rotatable bonds is 16. The Morgan fingerprint density at radius 1 is 1.00 bits per heavy atom. The number of nitrogens with one attached hydrogen (secondary N) is 2. The molecule has 0 fully saturated rings. The van der Waals surface area contributed by atoms with Crippen LogP contribution in [0, 0.1) is 5.82 Å². The Balaban J connectivity index is 2.49. The first kappa shape index (κ1) is 32.5. The molecule has 0 bridgehead atoms. The summed E-state index contributed by atoms with van der Waals surface area (Å²) in [6.07, 6.45) is -0.0331. The maximum atomic E-state index is 13.7. The molecule has 1 unspecified atom stereocenters. The molecule has 214 valence electrons. The van der Waals surface area contributed by atoms with Crippen molar-refractivity contribution in [2.45, 2.75) is 37.5 Å². The Labute approximate surface area is 237 Å². The Kier molecular flexibility index (Phi) is 14.2. The number of carbonyl (C=O) groups excluding carboxylic acids is 3. The van der Waals surface area contributed by atoms with E-state index in [9.17, 15) is 23.9 Å². The van der Waals surface area contributed by atoms with Gasteiger partial charge in [-0.15, -0.1) is 23.2 Å². The number of halogens is 3. The number of nitrogens with two attached hydrogens (primary N) is 1. The first-order valence-electron chi connectivity index (χ1n) is 12.5. The van der Waals surface area contributed by atoms with E-state index in [1.807, 2.05) is 23.1 Å².